The molecule has 0 bridgehead atoms. The molecule has 0 unspecified atom stereocenters. The molecule has 102 valence electrons. The molecule has 20 heavy (non-hydrogen) atoms. The van der Waals surface area contributed by atoms with E-state index in [1.54, 1.807) is 0 Å². The number of nitrogens with one attached hydrogen (secondary N) is 1. The molecule has 0 saturated carbocycles. The number of benzene rings is 2. The van der Waals surface area contributed by atoms with Gasteiger partial charge < -0.3 is 10.1 Å². The summed E-state index contributed by atoms with van der Waals surface area (Å²) < 4.78 is 6.05. The Bertz CT molecular complexity index is 623. The molecule has 2 aliphatic rings. The van der Waals surface area contributed by atoms with E-state index >= 15 is 0 Å². The van der Waals surface area contributed by atoms with Crippen LogP contribution in [0.3, 0.4) is 0 Å². The molecule has 0 amide bonds. The number of anilines is 1. The van der Waals surface area contributed by atoms with Crippen LogP contribution < -0.4 is 5.32 Å². The predicted octanol–water partition coefficient (Wildman–Crippen LogP) is 4.24. The monoisotopic (exact) mass is 265 g/mol. The Balaban J connectivity index is 1.79. The number of rotatable bonds is 1. The molecule has 0 aliphatic carbocycles. The Hall–Kier alpha value is -1.80. The number of aryl methyl sites for hydroxylation is 1. The standard InChI is InChI=1S/C18H19NO/c1-12-7-8-16-15(11-12)18-14(9-10-20-18)17(19-16)13-5-3-2-4-6-13/h2-8,11,14,17-19H,9-10H2,1H3/t14-,17-,18-/m1/s1. The lowest BCUT2D eigenvalue weighted by molar-refractivity contribution is 0.0829. The first-order valence-electron chi connectivity index (χ1n) is 7.36. The fraction of sp³-hybridized carbons (Fsp3) is 0.333. The van der Waals surface area contributed by atoms with Gasteiger partial charge >= 0.3 is 0 Å². The van der Waals surface area contributed by atoms with Gasteiger partial charge in [0.2, 0.25) is 0 Å². The van der Waals surface area contributed by atoms with Gasteiger partial charge in [-0.1, -0.05) is 48.0 Å². The summed E-state index contributed by atoms with van der Waals surface area (Å²) in [6.45, 7) is 3.02. The van der Waals surface area contributed by atoms with Crippen molar-refractivity contribution in [3.8, 4) is 0 Å². The van der Waals surface area contributed by atoms with Crippen LogP contribution in [-0.2, 0) is 4.74 Å². The molecule has 2 heterocycles. The van der Waals surface area contributed by atoms with Crippen LogP contribution in [0.5, 0.6) is 0 Å². The van der Waals surface area contributed by atoms with Crippen LogP contribution in [-0.4, -0.2) is 6.61 Å². The van der Waals surface area contributed by atoms with Crippen LogP contribution >= 0.6 is 0 Å². The van der Waals surface area contributed by atoms with E-state index in [4.69, 9.17) is 4.74 Å². The summed E-state index contributed by atoms with van der Waals surface area (Å²) in [6.07, 6.45) is 1.38. The molecule has 0 spiro atoms. The topological polar surface area (TPSA) is 21.3 Å². The SMILES string of the molecule is Cc1ccc2c(c1)[C@@H]1OCC[C@@H]1[C@@H](c1ccccc1)N2. The first-order valence-corrected chi connectivity index (χ1v) is 7.36. The van der Waals surface area contributed by atoms with Gasteiger partial charge in [-0.05, 0) is 25.0 Å². The smallest absolute Gasteiger partial charge is 0.0896 e. The Kier molecular flexibility index (Phi) is 2.78. The molecular weight excluding hydrogens is 246 g/mol. The quantitative estimate of drug-likeness (QED) is 0.832. The second kappa shape index (κ2) is 4.64. The van der Waals surface area contributed by atoms with Crippen LogP contribution in [0.1, 0.15) is 35.3 Å². The molecule has 0 aromatic heterocycles. The second-order valence-electron chi connectivity index (χ2n) is 5.87. The van der Waals surface area contributed by atoms with E-state index < -0.39 is 0 Å². The summed E-state index contributed by atoms with van der Waals surface area (Å²) >= 11 is 0. The minimum Gasteiger partial charge on any atom is -0.378 e. The molecular formula is C18H19NO. The van der Waals surface area contributed by atoms with Gasteiger partial charge in [-0.2, -0.15) is 0 Å². The maximum atomic E-state index is 6.05. The zero-order valence-corrected chi connectivity index (χ0v) is 11.7. The molecule has 3 atom stereocenters. The Morgan fingerprint density at radius 3 is 2.80 bits per heavy atom. The lowest BCUT2D eigenvalue weighted by Gasteiger charge is -2.36. The van der Waals surface area contributed by atoms with Crippen molar-refractivity contribution in [2.75, 3.05) is 11.9 Å². The highest BCUT2D eigenvalue weighted by molar-refractivity contribution is 5.58. The zero-order chi connectivity index (χ0) is 13.5. The number of fused-ring (bicyclic) bond motifs is 3. The van der Waals surface area contributed by atoms with Crippen molar-refractivity contribution in [1.29, 1.82) is 0 Å². The third-order valence-electron chi connectivity index (χ3n) is 4.55. The van der Waals surface area contributed by atoms with E-state index in [-0.39, 0.29) is 6.10 Å². The lowest BCUT2D eigenvalue weighted by atomic mass is 9.81. The summed E-state index contributed by atoms with van der Waals surface area (Å²) in [5, 5.41) is 3.73. The highest BCUT2D eigenvalue weighted by Crippen LogP contribution is 2.49. The van der Waals surface area contributed by atoms with Crippen molar-refractivity contribution >= 4 is 5.69 Å². The van der Waals surface area contributed by atoms with Gasteiger partial charge in [0.05, 0.1) is 12.1 Å². The molecule has 2 nitrogen and oxygen atoms in total. The summed E-state index contributed by atoms with van der Waals surface area (Å²) in [7, 11) is 0. The van der Waals surface area contributed by atoms with E-state index in [9.17, 15) is 0 Å². The Morgan fingerprint density at radius 2 is 1.95 bits per heavy atom. The lowest BCUT2D eigenvalue weighted by Crippen LogP contribution is -2.29. The first kappa shape index (κ1) is 12.0. The molecule has 1 saturated heterocycles. The average Bonchev–Trinajstić information content (AvgIpc) is 2.97. The van der Waals surface area contributed by atoms with Crippen LogP contribution in [0, 0.1) is 12.8 Å². The van der Waals surface area contributed by atoms with Gasteiger partial charge in [-0.25, -0.2) is 0 Å². The molecule has 2 heteroatoms. The van der Waals surface area contributed by atoms with Crippen molar-refractivity contribution in [3.05, 3.63) is 65.2 Å². The molecule has 1 fully saturated rings. The maximum Gasteiger partial charge on any atom is 0.0896 e. The fourth-order valence-corrected chi connectivity index (χ4v) is 3.58. The molecule has 2 aromatic carbocycles. The largest absolute Gasteiger partial charge is 0.378 e. The van der Waals surface area contributed by atoms with Crippen LogP contribution in [0.25, 0.3) is 0 Å². The van der Waals surface area contributed by atoms with E-state index in [1.165, 1.54) is 22.4 Å². The number of hydrogen-bond acceptors (Lipinski definition) is 2. The Morgan fingerprint density at radius 1 is 1.10 bits per heavy atom. The minimum atomic E-state index is 0.247. The van der Waals surface area contributed by atoms with E-state index in [1.807, 2.05) is 0 Å². The Labute approximate surface area is 119 Å². The predicted molar refractivity (Wildman–Crippen MR) is 80.8 cm³/mol. The summed E-state index contributed by atoms with van der Waals surface area (Å²) in [5.74, 6) is 0.534. The molecule has 4 rings (SSSR count). The molecule has 0 radical (unpaired) electrons. The van der Waals surface area contributed by atoms with Crippen molar-refractivity contribution in [2.24, 2.45) is 5.92 Å². The maximum absolute atomic E-state index is 6.05. The normalized spacial score (nSPS) is 27.6. The van der Waals surface area contributed by atoms with Crippen LogP contribution in [0.4, 0.5) is 5.69 Å². The van der Waals surface area contributed by atoms with Crippen molar-refractivity contribution in [1.82, 2.24) is 0 Å². The summed E-state index contributed by atoms with van der Waals surface area (Å²) in [5.41, 5.74) is 5.23. The third kappa shape index (κ3) is 1.83. The van der Waals surface area contributed by atoms with E-state index in [0.717, 1.165) is 13.0 Å². The van der Waals surface area contributed by atoms with E-state index in [2.05, 4.69) is 60.8 Å². The number of hydrogen-bond donors (Lipinski definition) is 1. The average molecular weight is 265 g/mol. The van der Waals surface area contributed by atoms with Gasteiger partial charge in [0.1, 0.15) is 0 Å². The zero-order valence-electron chi connectivity index (χ0n) is 11.7. The number of ether oxygens (including phenoxy) is 1. The van der Waals surface area contributed by atoms with Crippen LogP contribution in [0.15, 0.2) is 48.5 Å². The molecule has 2 aliphatic heterocycles. The molecule has 2 aromatic rings. The third-order valence-corrected chi connectivity index (χ3v) is 4.55. The fourth-order valence-electron chi connectivity index (χ4n) is 3.58. The minimum absolute atomic E-state index is 0.247. The van der Waals surface area contributed by atoms with Crippen molar-refractivity contribution in [2.45, 2.75) is 25.5 Å². The van der Waals surface area contributed by atoms with Crippen molar-refractivity contribution < 1.29 is 4.74 Å². The van der Waals surface area contributed by atoms with Crippen LogP contribution in [0.2, 0.25) is 0 Å². The van der Waals surface area contributed by atoms with Gasteiger partial charge in [0, 0.05) is 23.8 Å². The van der Waals surface area contributed by atoms with Gasteiger partial charge in [-0.15, -0.1) is 0 Å². The second-order valence-corrected chi connectivity index (χ2v) is 5.87. The molecule has 1 N–H and O–H groups in total. The van der Waals surface area contributed by atoms with Crippen molar-refractivity contribution in [3.63, 3.8) is 0 Å². The van der Waals surface area contributed by atoms with Gasteiger partial charge in [0.15, 0.2) is 0 Å². The van der Waals surface area contributed by atoms with Gasteiger partial charge in [-0.3, -0.25) is 0 Å². The highest BCUT2D eigenvalue weighted by atomic mass is 16.5. The van der Waals surface area contributed by atoms with Gasteiger partial charge in [0.25, 0.3) is 0 Å². The summed E-state index contributed by atoms with van der Waals surface area (Å²) in [6, 6.07) is 17.7. The van der Waals surface area contributed by atoms with E-state index in [0.29, 0.717) is 12.0 Å². The first-order chi connectivity index (χ1) is 9.83. The summed E-state index contributed by atoms with van der Waals surface area (Å²) in [4.78, 5) is 0. The highest BCUT2D eigenvalue weighted by Gasteiger charge is 2.41.